The zero-order valence-electron chi connectivity index (χ0n) is 13.9. The number of carbonyl (C=O) groups excluding carboxylic acids is 2. The van der Waals surface area contributed by atoms with Gasteiger partial charge >= 0.3 is 0 Å². The molecule has 1 aromatic rings. The molecule has 0 aliphatic carbocycles. The van der Waals surface area contributed by atoms with Crippen LogP contribution < -0.4 is 14.8 Å². The van der Waals surface area contributed by atoms with E-state index in [1.807, 2.05) is 9.80 Å². The van der Waals surface area contributed by atoms with E-state index in [4.69, 9.17) is 9.47 Å². The molecule has 1 atom stereocenters. The second-order valence-corrected chi connectivity index (χ2v) is 6.38. The van der Waals surface area contributed by atoms with Crippen LogP contribution in [0.5, 0.6) is 11.5 Å². The third kappa shape index (κ3) is 3.52. The minimum atomic E-state index is -0.0133. The molecule has 0 spiro atoms. The fourth-order valence-electron chi connectivity index (χ4n) is 3.61. The summed E-state index contributed by atoms with van der Waals surface area (Å²) in [4.78, 5) is 28.7. The lowest BCUT2D eigenvalue weighted by atomic mass is 10.0. The van der Waals surface area contributed by atoms with Gasteiger partial charge in [-0.2, -0.15) is 0 Å². The molecule has 0 radical (unpaired) electrons. The van der Waals surface area contributed by atoms with Crippen molar-refractivity contribution in [2.45, 2.75) is 18.9 Å². The molecule has 8 heteroatoms. The molecule has 4 rings (SSSR count). The molecular formula is C17H22ClN3O4. The summed E-state index contributed by atoms with van der Waals surface area (Å²) in [5, 5.41) is 3.09. The number of benzene rings is 1. The van der Waals surface area contributed by atoms with Crippen molar-refractivity contribution in [3.8, 4) is 11.5 Å². The minimum Gasteiger partial charge on any atom is -0.454 e. The van der Waals surface area contributed by atoms with E-state index in [2.05, 4.69) is 5.32 Å². The summed E-state index contributed by atoms with van der Waals surface area (Å²) >= 11 is 0. The summed E-state index contributed by atoms with van der Waals surface area (Å²) in [6.45, 7) is 3.45. The van der Waals surface area contributed by atoms with Gasteiger partial charge in [-0.25, -0.2) is 0 Å². The van der Waals surface area contributed by atoms with Crippen molar-refractivity contribution >= 4 is 24.2 Å². The van der Waals surface area contributed by atoms with Crippen molar-refractivity contribution in [3.05, 3.63) is 23.8 Å². The number of amides is 2. The monoisotopic (exact) mass is 367 g/mol. The van der Waals surface area contributed by atoms with Crippen LogP contribution in [0, 0.1) is 0 Å². The van der Waals surface area contributed by atoms with E-state index >= 15 is 0 Å². The summed E-state index contributed by atoms with van der Waals surface area (Å²) in [5.74, 6) is 1.41. The van der Waals surface area contributed by atoms with Gasteiger partial charge in [0.05, 0.1) is 6.54 Å². The van der Waals surface area contributed by atoms with Gasteiger partial charge < -0.3 is 24.6 Å². The Hall–Kier alpha value is -1.99. The lowest BCUT2D eigenvalue weighted by Gasteiger charge is -2.41. The van der Waals surface area contributed by atoms with Gasteiger partial charge in [0.25, 0.3) is 5.91 Å². The number of piperidine rings is 1. The number of piperazine rings is 1. The number of hydrogen-bond acceptors (Lipinski definition) is 5. The molecule has 2 fully saturated rings. The van der Waals surface area contributed by atoms with Crippen LogP contribution in [0.4, 0.5) is 0 Å². The summed E-state index contributed by atoms with van der Waals surface area (Å²) in [5.41, 5.74) is 0.603. The lowest BCUT2D eigenvalue weighted by Crippen LogP contribution is -2.57. The Morgan fingerprint density at radius 2 is 2.04 bits per heavy atom. The maximum atomic E-state index is 12.8. The number of hydrogen-bond donors (Lipinski definition) is 1. The van der Waals surface area contributed by atoms with E-state index in [0.29, 0.717) is 30.2 Å². The van der Waals surface area contributed by atoms with Gasteiger partial charge in [0.15, 0.2) is 11.5 Å². The Balaban J connectivity index is 0.00000182. The van der Waals surface area contributed by atoms with E-state index < -0.39 is 0 Å². The molecule has 7 nitrogen and oxygen atoms in total. The van der Waals surface area contributed by atoms with Crippen LogP contribution in [0.15, 0.2) is 18.2 Å². The number of nitrogens with one attached hydrogen (secondary N) is 1. The van der Waals surface area contributed by atoms with Crippen molar-refractivity contribution in [3.63, 3.8) is 0 Å². The molecule has 2 saturated heterocycles. The van der Waals surface area contributed by atoms with Crippen molar-refractivity contribution < 1.29 is 19.1 Å². The first-order valence-corrected chi connectivity index (χ1v) is 8.41. The van der Waals surface area contributed by atoms with Crippen molar-refractivity contribution in [2.24, 2.45) is 0 Å². The number of nitrogens with zero attached hydrogens (tertiary/aromatic N) is 2. The maximum Gasteiger partial charge on any atom is 0.254 e. The number of fused-ring (bicyclic) bond motifs is 1. The fourth-order valence-corrected chi connectivity index (χ4v) is 3.61. The highest BCUT2D eigenvalue weighted by atomic mass is 35.5. The molecule has 0 aromatic heterocycles. The predicted molar refractivity (Wildman–Crippen MR) is 93.3 cm³/mol. The first kappa shape index (κ1) is 17.8. The van der Waals surface area contributed by atoms with Crippen molar-refractivity contribution in [1.29, 1.82) is 0 Å². The second kappa shape index (κ2) is 7.49. The Morgan fingerprint density at radius 3 is 2.88 bits per heavy atom. The number of likely N-dealkylation sites (tertiary alicyclic amines) is 1. The van der Waals surface area contributed by atoms with E-state index in [0.717, 1.165) is 32.5 Å². The average Bonchev–Trinajstić information content (AvgIpc) is 3.09. The van der Waals surface area contributed by atoms with Crippen LogP contribution in [-0.4, -0.2) is 67.2 Å². The van der Waals surface area contributed by atoms with Crippen LogP contribution in [0.3, 0.4) is 0 Å². The second-order valence-electron chi connectivity index (χ2n) is 6.38. The van der Waals surface area contributed by atoms with E-state index in [-0.39, 0.29) is 37.1 Å². The molecule has 3 aliphatic heterocycles. The van der Waals surface area contributed by atoms with Crippen LogP contribution in [0.2, 0.25) is 0 Å². The minimum absolute atomic E-state index is 0. The third-order valence-corrected chi connectivity index (χ3v) is 4.87. The number of carbonyl (C=O) groups is 2. The maximum absolute atomic E-state index is 12.8. The van der Waals surface area contributed by atoms with Crippen LogP contribution in [-0.2, 0) is 4.79 Å². The predicted octanol–water partition coefficient (Wildman–Crippen LogP) is 0.873. The standard InChI is InChI=1S/C17H21N3O4.ClH/c21-16-9-18-5-7-20(16)13-2-1-6-19(10-13)17(22)12-3-4-14-15(8-12)24-11-23-14;/h3-4,8,13,18H,1-2,5-7,9-11H2;1H. The molecule has 136 valence electrons. The molecule has 0 saturated carbocycles. The van der Waals surface area contributed by atoms with E-state index in [1.54, 1.807) is 18.2 Å². The first-order chi connectivity index (χ1) is 11.7. The third-order valence-electron chi connectivity index (χ3n) is 4.87. The highest BCUT2D eigenvalue weighted by Gasteiger charge is 2.32. The Bertz CT molecular complexity index is 669. The Kier molecular flexibility index (Phi) is 5.34. The number of ether oxygens (including phenoxy) is 2. The molecule has 1 unspecified atom stereocenters. The van der Waals surface area contributed by atoms with Crippen LogP contribution >= 0.6 is 12.4 Å². The van der Waals surface area contributed by atoms with Gasteiger partial charge in [-0.3, -0.25) is 9.59 Å². The zero-order valence-corrected chi connectivity index (χ0v) is 14.7. The summed E-state index contributed by atoms with van der Waals surface area (Å²) in [6.07, 6.45) is 1.87. The number of rotatable bonds is 2. The molecule has 25 heavy (non-hydrogen) atoms. The van der Waals surface area contributed by atoms with Crippen LogP contribution in [0.1, 0.15) is 23.2 Å². The average molecular weight is 368 g/mol. The molecule has 2 amide bonds. The zero-order chi connectivity index (χ0) is 16.5. The van der Waals surface area contributed by atoms with Crippen molar-refractivity contribution in [2.75, 3.05) is 39.5 Å². The quantitative estimate of drug-likeness (QED) is 0.840. The number of halogens is 1. The van der Waals surface area contributed by atoms with Gasteiger partial charge in [-0.1, -0.05) is 0 Å². The summed E-state index contributed by atoms with van der Waals surface area (Å²) < 4.78 is 10.6. The molecular weight excluding hydrogens is 346 g/mol. The normalized spacial score (nSPS) is 22.6. The van der Waals surface area contributed by atoms with E-state index in [9.17, 15) is 9.59 Å². The van der Waals surface area contributed by atoms with Gasteiger partial charge in [-0.05, 0) is 31.0 Å². The Morgan fingerprint density at radius 1 is 1.20 bits per heavy atom. The van der Waals surface area contributed by atoms with E-state index in [1.165, 1.54) is 0 Å². The summed E-state index contributed by atoms with van der Waals surface area (Å²) in [7, 11) is 0. The molecule has 1 N–H and O–H groups in total. The van der Waals surface area contributed by atoms with Gasteiger partial charge in [0.1, 0.15) is 0 Å². The first-order valence-electron chi connectivity index (χ1n) is 8.41. The lowest BCUT2D eigenvalue weighted by molar-refractivity contribution is -0.135. The highest BCUT2D eigenvalue weighted by molar-refractivity contribution is 5.95. The highest BCUT2D eigenvalue weighted by Crippen LogP contribution is 2.33. The molecule has 3 heterocycles. The van der Waals surface area contributed by atoms with Crippen molar-refractivity contribution in [1.82, 2.24) is 15.1 Å². The fraction of sp³-hybridized carbons (Fsp3) is 0.529. The van der Waals surface area contributed by atoms with Gasteiger partial charge in [0.2, 0.25) is 12.7 Å². The summed E-state index contributed by atoms with van der Waals surface area (Å²) in [6, 6.07) is 5.41. The molecule has 1 aromatic carbocycles. The van der Waals surface area contributed by atoms with Gasteiger partial charge in [0, 0.05) is 37.8 Å². The topological polar surface area (TPSA) is 71.1 Å². The molecule has 3 aliphatic rings. The Labute approximate surface area is 152 Å². The van der Waals surface area contributed by atoms with Crippen LogP contribution in [0.25, 0.3) is 0 Å². The smallest absolute Gasteiger partial charge is 0.254 e. The van der Waals surface area contributed by atoms with Gasteiger partial charge in [-0.15, -0.1) is 12.4 Å². The SMILES string of the molecule is Cl.O=C(c1ccc2c(c1)OCO2)N1CCCC(N2CCNCC2=O)C1. The largest absolute Gasteiger partial charge is 0.454 e. The molecule has 0 bridgehead atoms.